The van der Waals surface area contributed by atoms with E-state index in [2.05, 4.69) is 5.32 Å². The van der Waals surface area contributed by atoms with E-state index >= 15 is 0 Å². The van der Waals surface area contributed by atoms with Crippen LogP contribution in [0, 0.1) is 11.8 Å². The average Bonchev–Trinajstić information content (AvgIpc) is 3.19. The van der Waals surface area contributed by atoms with Gasteiger partial charge in [-0.25, -0.2) is 9.59 Å². The zero-order valence-electron chi connectivity index (χ0n) is 11.3. The molecule has 0 aromatic heterocycles. The monoisotopic (exact) mass is 270 g/mol. The Morgan fingerprint density at radius 1 is 1.21 bits per heavy atom. The lowest BCUT2D eigenvalue weighted by Crippen LogP contribution is -2.50. The third-order valence-corrected chi connectivity index (χ3v) is 3.68. The van der Waals surface area contributed by atoms with Crippen LogP contribution < -0.4 is 5.32 Å². The fourth-order valence-electron chi connectivity index (χ4n) is 1.90. The molecule has 19 heavy (non-hydrogen) atoms. The number of carboxylic acid groups (broad SMARTS) is 1. The van der Waals surface area contributed by atoms with E-state index < -0.39 is 11.6 Å². The Kier molecular flexibility index (Phi) is 3.99. The van der Waals surface area contributed by atoms with Crippen LogP contribution >= 0.6 is 0 Å². The molecule has 2 saturated carbocycles. The number of hydrogen-bond donors (Lipinski definition) is 3. The van der Waals surface area contributed by atoms with E-state index in [1.54, 1.807) is 4.90 Å². The highest BCUT2D eigenvalue weighted by atomic mass is 16.4. The van der Waals surface area contributed by atoms with Crippen LogP contribution in [0.2, 0.25) is 0 Å². The Labute approximate surface area is 112 Å². The van der Waals surface area contributed by atoms with Gasteiger partial charge in [-0.15, -0.1) is 0 Å². The molecular weight excluding hydrogens is 248 g/mol. The first-order chi connectivity index (χ1) is 8.88. The number of hydrogen-bond acceptors (Lipinski definition) is 3. The summed E-state index contributed by atoms with van der Waals surface area (Å²) < 4.78 is 0. The van der Waals surface area contributed by atoms with E-state index in [1.165, 1.54) is 32.6 Å². The predicted molar refractivity (Wildman–Crippen MR) is 68.7 cm³/mol. The number of urea groups is 1. The summed E-state index contributed by atoms with van der Waals surface area (Å²) in [4.78, 5) is 24.6. The minimum Gasteiger partial charge on any atom is -0.479 e. The molecular formula is C13H22N2O4. The first-order valence-corrected chi connectivity index (χ1v) is 6.87. The number of nitrogens with one attached hydrogen (secondary N) is 1. The summed E-state index contributed by atoms with van der Waals surface area (Å²) in [6.45, 7) is 2.41. The van der Waals surface area contributed by atoms with Gasteiger partial charge in [0.2, 0.25) is 0 Å². The number of nitrogens with zero attached hydrogens (tertiary/aromatic N) is 1. The Bertz CT molecular complexity index is 348. The van der Waals surface area contributed by atoms with Gasteiger partial charge in [0.15, 0.2) is 5.60 Å². The number of aliphatic carboxylic acids is 1. The van der Waals surface area contributed by atoms with Crippen molar-refractivity contribution in [3.8, 4) is 0 Å². The Balaban J connectivity index is 1.81. The van der Waals surface area contributed by atoms with E-state index in [4.69, 9.17) is 5.11 Å². The molecule has 108 valence electrons. The van der Waals surface area contributed by atoms with Crippen LogP contribution in [0.1, 0.15) is 32.6 Å². The maximum absolute atomic E-state index is 12.0. The van der Waals surface area contributed by atoms with E-state index in [9.17, 15) is 14.7 Å². The molecule has 1 atom stereocenters. The SMILES string of the molecule is CC(O)(CNC(=O)N(CC1CC1)CC1CC1)C(=O)O. The van der Waals surface area contributed by atoms with Crippen LogP contribution in [0.25, 0.3) is 0 Å². The normalized spacial score (nSPS) is 21.6. The maximum Gasteiger partial charge on any atom is 0.337 e. The van der Waals surface area contributed by atoms with E-state index in [0.29, 0.717) is 11.8 Å². The lowest BCUT2D eigenvalue weighted by molar-refractivity contribution is -0.155. The molecule has 6 heteroatoms. The lowest BCUT2D eigenvalue weighted by Gasteiger charge is -2.25. The molecule has 3 N–H and O–H groups in total. The highest BCUT2D eigenvalue weighted by Gasteiger charge is 2.34. The summed E-state index contributed by atoms with van der Waals surface area (Å²) in [5.41, 5.74) is -1.92. The average molecular weight is 270 g/mol. The number of amides is 2. The molecule has 2 aliphatic rings. The molecule has 0 saturated heterocycles. The second kappa shape index (κ2) is 5.36. The quantitative estimate of drug-likeness (QED) is 0.633. The summed E-state index contributed by atoms with van der Waals surface area (Å²) >= 11 is 0. The molecule has 1 unspecified atom stereocenters. The van der Waals surface area contributed by atoms with Gasteiger partial charge in [0, 0.05) is 13.1 Å². The summed E-state index contributed by atoms with van der Waals surface area (Å²) in [6, 6.07) is -0.264. The topological polar surface area (TPSA) is 89.9 Å². The largest absolute Gasteiger partial charge is 0.479 e. The van der Waals surface area contributed by atoms with Gasteiger partial charge in [0.05, 0.1) is 6.54 Å². The first-order valence-electron chi connectivity index (χ1n) is 6.87. The predicted octanol–water partition coefficient (Wildman–Crippen LogP) is 0.654. The molecule has 6 nitrogen and oxygen atoms in total. The van der Waals surface area contributed by atoms with Crippen LogP contribution in [0.4, 0.5) is 4.79 Å². The van der Waals surface area contributed by atoms with Gasteiger partial charge in [-0.05, 0) is 44.4 Å². The van der Waals surface area contributed by atoms with Crippen LogP contribution in [-0.4, -0.2) is 52.3 Å². The molecule has 2 fully saturated rings. The van der Waals surface area contributed by atoms with Crippen molar-refractivity contribution in [1.29, 1.82) is 0 Å². The molecule has 0 aliphatic heterocycles. The molecule has 0 radical (unpaired) electrons. The third kappa shape index (κ3) is 4.38. The van der Waals surface area contributed by atoms with Crippen molar-refractivity contribution < 1.29 is 19.8 Å². The molecule has 2 rings (SSSR count). The van der Waals surface area contributed by atoms with Crippen molar-refractivity contribution in [1.82, 2.24) is 10.2 Å². The number of carboxylic acids is 1. The van der Waals surface area contributed by atoms with Gasteiger partial charge in [0.1, 0.15) is 0 Å². The number of carbonyl (C=O) groups is 2. The van der Waals surface area contributed by atoms with Crippen molar-refractivity contribution in [2.75, 3.05) is 19.6 Å². The van der Waals surface area contributed by atoms with Crippen LogP contribution in [0.5, 0.6) is 0 Å². The fourth-order valence-corrected chi connectivity index (χ4v) is 1.90. The number of aliphatic hydroxyl groups is 1. The van der Waals surface area contributed by atoms with Crippen LogP contribution in [0.15, 0.2) is 0 Å². The Hall–Kier alpha value is -1.30. The summed E-state index contributed by atoms with van der Waals surface area (Å²) in [7, 11) is 0. The van der Waals surface area contributed by atoms with Crippen molar-refractivity contribution in [3.63, 3.8) is 0 Å². The van der Waals surface area contributed by atoms with E-state index in [1.807, 2.05) is 0 Å². The zero-order chi connectivity index (χ0) is 14.0. The molecule has 2 amide bonds. The minimum absolute atomic E-state index is 0.264. The summed E-state index contributed by atoms with van der Waals surface area (Å²) in [6.07, 6.45) is 4.67. The smallest absolute Gasteiger partial charge is 0.337 e. The highest BCUT2D eigenvalue weighted by Crippen LogP contribution is 2.33. The summed E-state index contributed by atoms with van der Waals surface area (Å²) in [5.74, 6) is -0.127. The van der Waals surface area contributed by atoms with E-state index in [0.717, 1.165) is 13.1 Å². The molecule has 0 bridgehead atoms. The molecule has 0 aromatic carbocycles. The maximum atomic E-state index is 12.0. The van der Waals surface area contributed by atoms with Gasteiger partial charge in [-0.1, -0.05) is 0 Å². The standard InChI is InChI=1S/C13H22N2O4/c1-13(19,11(16)17)8-14-12(18)15(6-9-2-3-9)7-10-4-5-10/h9-10,19H,2-8H2,1H3,(H,14,18)(H,16,17). The van der Waals surface area contributed by atoms with Gasteiger partial charge in [-0.3, -0.25) is 0 Å². The first kappa shape index (κ1) is 14.1. The minimum atomic E-state index is -1.92. The van der Waals surface area contributed by atoms with Gasteiger partial charge >= 0.3 is 12.0 Å². The molecule has 0 aromatic rings. The van der Waals surface area contributed by atoms with Gasteiger partial charge in [-0.2, -0.15) is 0 Å². The van der Waals surface area contributed by atoms with Gasteiger partial charge in [0.25, 0.3) is 0 Å². The van der Waals surface area contributed by atoms with Crippen molar-refractivity contribution in [2.24, 2.45) is 11.8 Å². The van der Waals surface area contributed by atoms with Crippen molar-refractivity contribution >= 4 is 12.0 Å². The van der Waals surface area contributed by atoms with Crippen molar-refractivity contribution in [2.45, 2.75) is 38.2 Å². The van der Waals surface area contributed by atoms with Gasteiger partial charge < -0.3 is 20.4 Å². The van der Waals surface area contributed by atoms with Crippen LogP contribution in [0.3, 0.4) is 0 Å². The fraction of sp³-hybridized carbons (Fsp3) is 0.846. The Morgan fingerprint density at radius 3 is 2.05 bits per heavy atom. The van der Waals surface area contributed by atoms with Crippen molar-refractivity contribution in [3.05, 3.63) is 0 Å². The third-order valence-electron chi connectivity index (χ3n) is 3.68. The number of rotatable bonds is 7. The summed E-state index contributed by atoms with van der Waals surface area (Å²) in [5, 5.41) is 20.9. The molecule has 0 spiro atoms. The second-order valence-electron chi connectivity index (χ2n) is 6.03. The zero-order valence-corrected chi connectivity index (χ0v) is 11.3. The van der Waals surface area contributed by atoms with Crippen LogP contribution in [-0.2, 0) is 4.79 Å². The second-order valence-corrected chi connectivity index (χ2v) is 6.03. The number of carbonyl (C=O) groups excluding carboxylic acids is 1. The molecule has 0 heterocycles. The van der Waals surface area contributed by atoms with E-state index in [-0.39, 0.29) is 12.6 Å². The molecule has 2 aliphatic carbocycles. The Morgan fingerprint density at radius 2 is 1.68 bits per heavy atom. The lowest BCUT2D eigenvalue weighted by atomic mass is 10.1. The highest BCUT2D eigenvalue weighted by molar-refractivity contribution is 5.79.